The lowest BCUT2D eigenvalue weighted by atomic mass is 9.92. The van der Waals surface area contributed by atoms with E-state index in [1.54, 1.807) is 17.5 Å². The number of nitrogens with zero attached hydrogens (tertiary/aromatic N) is 3. The fourth-order valence-corrected chi connectivity index (χ4v) is 5.25. The van der Waals surface area contributed by atoms with E-state index in [9.17, 15) is 4.79 Å². The van der Waals surface area contributed by atoms with Crippen molar-refractivity contribution in [1.29, 1.82) is 0 Å². The Bertz CT molecular complexity index is 1220. The lowest BCUT2D eigenvalue weighted by Gasteiger charge is -2.47. The number of aromatic nitrogens is 2. The summed E-state index contributed by atoms with van der Waals surface area (Å²) in [7, 11) is 0. The number of aryl methyl sites for hydroxylation is 1. The third-order valence-corrected chi connectivity index (χ3v) is 6.98. The van der Waals surface area contributed by atoms with Crippen LogP contribution in [0.25, 0.3) is 21.7 Å². The van der Waals surface area contributed by atoms with Gasteiger partial charge in [-0.3, -0.25) is 4.79 Å². The third kappa shape index (κ3) is 3.43. The summed E-state index contributed by atoms with van der Waals surface area (Å²) < 4.78 is 6.29. The van der Waals surface area contributed by atoms with Crippen molar-refractivity contribution >= 4 is 34.2 Å². The summed E-state index contributed by atoms with van der Waals surface area (Å²) in [6.07, 6.45) is 4.15. The number of nitrogens with one attached hydrogen (secondary N) is 1. The van der Waals surface area contributed by atoms with Crippen LogP contribution in [0.2, 0.25) is 0 Å². The maximum absolute atomic E-state index is 13.2. The molecule has 2 bridgehead atoms. The third-order valence-electron chi connectivity index (χ3n) is 6.17. The number of anilines is 1. The van der Waals surface area contributed by atoms with E-state index in [1.807, 2.05) is 35.7 Å². The first-order chi connectivity index (χ1) is 15.2. The van der Waals surface area contributed by atoms with Crippen LogP contribution in [0.1, 0.15) is 28.8 Å². The number of Topliss-reactive ketones (excluding diaryl/α,β-unsaturated/α-hetero) is 1. The van der Waals surface area contributed by atoms with Crippen LogP contribution in [0.5, 0.6) is 0 Å². The second-order valence-electron chi connectivity index (χ2n) is 8.28. The second kappa shape index (κ2) is 7.59. The maximum Gasteiger partial charge on any atom is 0.298 e. The summed E-state index contributed by atoms with van der Waals surface area (Å²) in [4.78, 5) is 24.6. The minimum atomic E-state index is 0.0857. The van der Waals surface area contributed by atoms with Gasteiger partial charge in [-0.15, -0.1) is 11.3 Å². The molecular weight excluding hydrogens is 408 g/mol. The van der Waals surface area contributed by atoms with Crippen molar-refractivity contribution in [3.05, 3.63) is 65.2 Å². The first kappa shape index (κ1) is 18.7. The van der Waals surface area contributed by atoms with Crippen LogP contribution in [0.3, 0.4) is 0 Å². The van der Waals surface area contributed by atoms with Crippen molar-refractivity contribution in [3.8, 4) is 10.6 Å². The van der Waals surface area contributed by atoms with Gasteiger partial charge in [0.15, 0.2) is 11.4 Å². The van der Waals surface area contributed by atoms with Gasteiger partial charge in [0.25, 0.3) is 6.01 Å². The zero-order chi connectivity index (χ0) is 20.8. The van der Waals surface area contributed by atoms with Crippen molar-refractivity contribution in [2.45, 2.75) is 31.3 Å². The van der Waals surface area contributed by atoms with Crippen molar-refractivity contribution in [3.63, 3.8) is 0 Å². The van der Waals surface area contributed by atoms with Gasteiger partial charge < -0.3 is 14.6 Å². The number of rotatable bonds is 6. The first-order valence-electron chi connectivity index (χ1n) is 10.7. The summed E-state index contributed by atoms with van der Waals surface area (Å²) in [5, 5.41) is 6.35. The minimum Gasteiger partial charge on any atom is -0.423 e. The molecule has 3 aliphatic rings. The lowest BCUT2D eigenvalue weighted by Crippen LogP contribution is -2.67. The number of hydrogen-bond donors (Lipinski definition) is 1. The van der Waals surface area contributed by atoms with Gasteiger partial charge in [0.1, 0.15) is 10.5 Å². The highest BCUT2D eigenvalue weighted by molar-refractivity contribution is 7.13. The van der Waals surface area contributed by atoms with Gasteiger partial charge in [0.05, 0.1) is 5.56 Å². The van der Waals surface area contributed by atoms with E-state index in [-0.39, 0.29) is 5.78 Å². The quantitative estimate of drug-likeness (QED) is 0.460. The summed E-state index contributed by atoms with van der Waals surface area (Å²) in [6.45, 7) is 1.76. The number of piperazine rings is 1. The summed E-state index contributed by atoms with van der Waals surface area (Å²) in [6, 6.07) is 15.5. The molecule has 7 rings (SSSR count). The number of carbonyl (C=O) groups excluding carboxylic acids is 1. The monoisotopic (exact) mass is 430 g/mol. The average molecular weight is 431 g/mol. The van der Waals surface area contributed by atoms with Crippen molar-refractivity contribution in [2.24, 2.45) is 0 Å². The Labute approximate surface area is 183 Å². The van der Waals surface area contributed by atoms with E-state index in [1.165, 1.54) is 6.42 Å². The van der Waals surface area contributed by atoms with E-state index in [2.05, 4.69) is 27.3 Å². The van der Waals surface area contributed by atoms with E-state index < -0.39 is 0 Å². The van der Waals surface area contributed by atoms with E-state index in [0.717, 1.165) is 29.2 Å². The highest BCUT2D eigenvalue weighted by Gasteiger charge is 2.38. The number of oxazole rings is 1. The summed E-state index contributed by atoms with van der Waals surface area (Å²) in [5.74, 6) is 0.0857. The van der Waals surface area contributed by atoms with Crippen molar-refractivity contribution in [2.75, 3.05) is 18.0 Å². The lowest BCUT2D eigenvalue weighted by molar-refractivity contribution is 0.0984. The first-order valence-corrected chi connectivity index (χ1v) is 11.5. The van der Waals surface area contributed by atoms with Crippen LogP contribution in [0.15, 0.2) is 58.5 Å². The van der Waals surface area contributed by atoms with Crippen LogP contribution in [0, 0.1) is 0 Å². The number of benzene rings is 2. The molecule has 31 heavy (non-hydrogen) atoms. The molecule has 0 radical (unpaired) electrons. The second-order valence-corrected chi connectivity index (χ2v) is 9.18. The molecule has 2 aromatic heterocycles. The van der Waals surface area contributed by atoms with Crippen molar-refractivity contribution in [1.82, 2.24) is 15.3 Å². The smallest absolute Gasteiger partial charge is 0.298 e. The van der Waals surface area contributed by atoms with Crippen LogP contribution in [-0.4, -0.2) is 40.9 Å². The van der Waals surface area contributed by atoms with Gasteiger partial charge in [-0.25, -0.2) is 4.98 Å². The molecule has 7 heteroatoms. The molecule has 6 nitrogen and oxygen atoms in total. The number of carbonyl (C=O) groups is 1. The number of ketones is 1. The highest BCUT2D eigenvalue weighted by Crippen LogP contribution is 2.36. The van der Waals surface area contributed by atoms with Gasteiger partial charge in [-0.1, -0.05) is 30.3 Å². The molecule has 1 N–H and O–H groups in total. The van der Waals surface area contributed by atoms with Crippen LogP contribution in [-0.2, 0) is 6.42 Å². The Kier molecular flexibility index (Phi) is 4.58. The van der Waals surface area contributed by atoms with E-state index >= 15 is 0 Å². The molecule has 0 aliphatic carbocycles. The molecule has 2 unspecified atom stereocenters. The maximum atomic E-state index is 13.2. The molecular formula is C24H22N4O2S. The predicted octanol–water partition coefficient (Wildman–Crippen LogP) is 4.32. The number of hydrogen-bond acceptors (Lipinski definition) is 7. The van der Waals surface area contributed by atoms with Crippen LogP contribution < -0.4 is 10.2 Å². The van der Waals surface area contributed by atoms with Crippen LogP contribution in [0.4, 0.5) is 6.01 Å². The molecule has 3 aliphatic heterocycles. The van der Waals surface area contributed by atoms with Gasteiger partial charge in [-0.2, -0.15) is 4.98 Å². The number of thiazole rings is 1. The molecule has 5 heterocycles. The molecule has 0 saturated carbocycles. The molecule has 2 aromatic carbocycles. The van der Waals surface area contributed by atoms with Gasteiger partial charge in [0, 0.05) is 48.7 Å². The topological polar surface area (TPSA) is 71.3 Å². The van der Waals surface area contributed by atoms with Crippen molar-refractivity contribution < 1.29 is 9.21 Å². The molecule has 3 saturated heterocycles. The Morgan fingerprint density at radius 1 is 1.16 bits per heavy atom. The van der Waals surface area contributed by atoms with E-state index in [4.69, 9.17) is 9.40 Å². The Balaban J connectivity index is 1.37. The number of piperidine rings is 1. The van der Waals surface area contributed by atoms with Gasteiger partial charge >= 0.3 is 0 Å². The minimum absolute atomic E-state index is 0.0857. The zero-order valence-corrected chi connectivity index (χ0v) is 17.8. The van der Waals surface area contributed by atoms with E-state index in [0.29, 0.717) is 47.6 Å². The molecule has 156 valence electrons. The molecule has 3 fully saturated rings. The normalized spacial score (nSPS) is 20.1. The zero-order valence-electron chi connectivity index (χ0n) is 17.0. The SMILES string of the molecule is O=C(CCc1ccccc1)c1ccc(-c2nccs2)c2oc(N3CC4CC(C3)N4)nc12. The van der Waals surface area contributed by atoms with Gasteiger partial charge in [-0.05, 0) is 30.5 Å². The summed E-state index contributed by atoms with van der Waals surface area (Å²) in [5.41, 5.74) is 3.98. The average Bonchev–Trinajstić information content (AvgIpc) is 3.48. The largest absolute Gasteiger partial charge is 0.423 e. The Morgan fingerprint density at radius 3 is 2.71 bits per heavy atom. The molecule has 4 aromatic rings. The Morgan fingerprint density at radius 2 is 1.97 bits per heavy atom. The van der Waals surface area contributed by atoms with Gasteiger partial charge in [0.2, 0.25) is 0 Å². The number of fused-ring (bicyclic) bond motifs is 3. The molecule has 2 atom stereocenters. The van der Waals surface area contributed by atoms with Crippen LogP contribution >= 0.6 is 11.3 Å². The molecule has 0 spiro atoms. The highest BCUT2D eigenvalue weighted by atomic mass is 32.1. The summed E-state index contributed by atoms with van der Waals surface area (Å²) >= 11 is 1.56. The fraction of sp³-hybridized carbons (Fsp3) is 0.292. The fourth-order valence-electron chi connectivity index (χ4n) is 4.59. The molecule has 0 amide bonds. The Hall–Kier alpha value is -3.03. The standard InChI is InChI=1S/C24H22N4O2S/c29-20(9-6-15-4-2-1-3-5-15)18-7-8-19(23-25-10-11-31-23)22-21(18)27-24(30-22)28-13-16-12-17(14-28)26-16/h1-5,7-8,10-11,16-17,26H,6,9,12-14H2. The predicted molar refractivity (Wildman–Crippen MR) is 122 cm³/mol.